The van der Waals surface area contributed by atoms with Crippen LogP contribution in [0.3, 0.4) is 0 Å². The monoisotopic (exact) mass is 566 g/mol. The van der Waals surface area contributed by atoms with Gasteiger partial charge in [-0.2, -0.15) is 13.2 Å². The molecule has 0 aliphatic carbocycles. The summed E-state index contributed by atoms with van der Waals surface area (Å²) in [6.45, 7) is 1.01. The molecule has 0 fully saturated rings. The van der Waals surface area contributed by atoms with E-state index in [1.165, 1.54) is 36.6 Å². The average molecular weight is 567 g/mol. The number of aliphatic hydroxyl groups is 1. The van der Waals surface area contributed by atoms with Crippen molar-refractivity contribution in [3.8, 4) is 5.75 Å². The quantitative estimate of drug-likeness (QED) is 0.175. The number of hydrogen-bond acceptors (Lipinski definition) is 7. The number of unbranched alkanes of at least 4 members (excludes halogenated alkanes) is 1. The second-order valence-electron chi connectivity index (χ2n) is 8.89. The van der Waals surface area contributed by atoms with E-state index in [9.17, 15) is 18.3 Å². The summed E-state index contributed by atoms with van der Waals surface area (Å²) in [6, 6.07) is 12.8. The smallest absolute Gasteiger partial charge is 0.416 e. The number of alkyl halides is 3. The minimum Gasteiger partial charge on any atom is -0.487 e. The van der Waals surface area contributed by atoms with Crippen molar-refractivity contribution in [2.75, 3.05) is 0 Å². The minimum atomic E-state index is -4.35. The van der Waals surface area contributed by atoms with Crippen LogP contribution in [-0.2, 0) is 32.4 Å². The second-order valence-corrected chi connectivity index (χ2v) is 8.89. The van der Waals surface area contributed by atoms with Gasteiger partial charge in [-0.3, -0.25) is 0 Å². The molecule has 0 bridgehead atoms. The van der Waals surface area contributed by atoms with E-state index in [1.807, 2.05) is 35.0 Å². The fourth-order valence-electron chi connectivity index (χ4n) is 3.81. The van der Waals surface area contributed by atoms with Crippen LogP contribution in [0.1, 0.15) is 46.9 Å². The predicted molar refractivity (Wildman–Crippen MR) is 145 cm³/mol. The molecule has 3 aromatic heterocycles. The summed E-state index contributed by atoms with van der Waals surface area (Å²) in [5, 5.41) is 9.24. The highest BCUT2D eigenvalue weighted by Gasteiger charge is 2.29. The number of rotatable bonds is 11. The summed E-state index contributed by atoms with van der Waals surface area (Å²) in [4.78, 5) is 12.0. The fraction of sp³-hybridized carbons (Fsp3) is 0.233. The summed E-state index contributed by atoms with van der Waals surface area (Å²) in [6.07, 6.45) is 11.4. The number of oxazole rings is 2. The van der Waals surface area contributed by atoms with Crippen molar-refractivity contribution in [1.29, 1.82) is 0 Å². The first-order valence-electron chi connectivity index (χ1n) is 12.9. The molecule has 11 heteroatoms. The average Bonchev–Trinajstić information content (AvgIpc) is 3.78. The lowest BCUT2D eigenvalue weighted by Gasteiger charge is -2.07. The summed E-state index contributed by atoms with van der Waals surface area (Å²) < 4.78 is 55.6. The molecule has 0 unspecified atom stereocenters. The maximum absolute atomic E-state index is 12.7. The molecule has 214 valence electrons. The fourth-order valence-corrected chi connectivity index (χ4v) is 3.81. The maximum atomic E-state index is 12.7. The van der Waals surface area contributed by atoms with Gasteiger partial charge in [-0.15, -0.1) is 0 Å². The largest absolute Gasteiger partial charge is 0.487 e. The van der Waals surface area contributed by atoms with Crippen LogP contribution in [0, 0.1) is 0 Å². The van der Waals surface area contributed by atoms with Crippen LogP contribution in [0.25, 0.3) is 12.2 Å². The Bertz CT molecular complexity index is 1440. The van der Waals surface area contributed by atoms with E-state index in [4.69, 9.17) is 9.15 Å². The Kier molecular flexibility index (Phi) is 10.5. The van der Waals surface area contributed by atoms with Gasteiger partial charge in [-0.1, -0.05) is 24.3 Å². The van der Waals surface area contributed by atoms with Gasteiger partial charge in [0.25, 0.3) is 0 Å². The van der Waals surface area contributed by atoms with Gasteiger partial charge in [-0.05, 0) is 60.7 Å². The number of aromatic nitrogens is 4. The first-order chi connectivity index (χ1) is 19.9. The van der Waals surface area contributed by atoms with Crippen LogP contribution in [0.15, 0.2) is 94.9 Å². The Morgan fingerprint density at radius 3 is 2.44 bits per heavy atom. The number of imidazole rings is 1. The van der Waals surface area contributed by atoms with Crippen molar-refractivity contribution in [2.45, 2.75) is 45.2 Å². The van der Waals surface area contributed by atoms with E-state index in [0.29, 0.717) is 23.0 Å². The van der Waals surface area contributed by atoms with Crippen LogP contribution in [0.5, 0.6) is 5.75 Å². The van der Waals surface area contributed by atoms with E-state index in [-0.39, 0.29) is 13.2 Å². The molecular formula is C30H29F3N4O4. The highest BCUT2D eigenvalue weighted by Crippen LogP contribution is 2.29. The first-order valence-corrected chi connectivity index (χ1v) is 12.9. The highest BCUT2D eigenvalue weighted by molar-refractivity contribution is 5.66. The van der Waals surface area contributed by atoms with E-state index in [1.54, 1.807) is 24.5 Å². The lowest BCUT2D eigenvalue weighted by atomic mass is 10.1. The normalized spacial score (nSPS) is 11.4. The summed E-state index contributed by atoms with van der Waals surface area (Å²) >= 11 is 0. The van der Waals surface area contributed by atoms with Gasteiger partial charge in [0, 0.05) is 25.0 Å². The zero-order chi connectivity index (χ0) is 28.9. The van der Waals surface area contributed by atoms with Gasteiger partial charge in [0.15, 0.2) is 6.39 Å². The molecule has 0 atom stereocenters. The van der Waals surface area contributed by atoms with Crippen molar-refractivity contribution < 1.29 is 31.8 Å². The van der Waals surface area contributed by atoms with Crippen LogP contribution in [0.4, 0.5) is 13.2 Å². The molecule has 8 nitrogen and oxygen atoms in total. The maximum Gasteiger partial charge on any atom is 0.416 e. The van der Waals surface area contributed by atoms with Gasteiger partial charge in [0.1, 0.15) is 43.0 Å². The Balaban J connectivity index is 0.000000699. The molecule has 3 heterocycles. The minimum absolute atomic E-state index is 0.0520. The number of aryl methyl sites for hydroxylation is 2. The van der Waals surface area contributed by atoms with E-state index in [0.717, 1.165) is 43.7 Å². The molecule has 0 saturated heterocycles. The molecule has 41 heavy (non-hydrogen) atoms. The molecule has 0 radical (unpaired) electrons. The van der Waals surface area contributed by atoms with E-state index < -0.39 is 11.7 Å². The van der Waals surface area contributed by atoms with Crippen molar-refractivity contribution in [1.82, 2.24) is 19.5 Å². The Morgan fingerprint density at radius 2 is 1.78 bits per heavy atom. The second kappa shape index (κ2) is 14.7. The third kappa shape index (κ3) is 9.50. The Hall–Kier alpha value is -4.64. The molecule has 0 aliphatic heterocycles. The topological polar surface area (TPSA) is 99.3 Å². The van der Waals surface area contributed by atoms with Crippen LogP contribution in [-0.4, -0.2) is 24.6 Å². The van der Waals surface area contributed by atoms with Crippen molar-refractivity contribution >= 4 is 12.2 Å². The lowest BCUT2D eigenvalue weighted by Crippen LogP contribution is -2.03. The molecule has 5 aromatic rings. The molecule has 5 rings (SSSR count). The molecule has 0 spiro atoms. The number of aliphatic hydroxyl groups excluding tert-OH is 1. The van der Waals surface area contributed by atoms with Crippen LogP contribution < -0.4 is 4.74 Å². The SMILES string of the molecule is OCc1nccn1CCCCc1ccc(OCc2coc(/C=C/c3ccc(C(F)(F)F)cc3)n2)cc1.c1cocn1. The zero-order valence-corrected chi connectivity index (χ0v) is 22.1. The molecule has 0 aliphatic rings. The summed E-state index contributed by atoms with van der Waals surface area (Å²) in [5.41, 5.74) is 1.74. The predicted octanol–water partition coefficient (Wildman–Crippen LogP) is 6.83. The highest BCUT2D eigenvalue weighted by atomic mass is 19.4. The lowest BCUT2D eigenvalue weighted by molar-refractivity contribution is -0.137. The Morgan fingerprint density at radius 1 is 0.976 bits per heavy atom. The first kappa shape index (κ1) is 29.3. The standard InChI is InChI=1S/C27H26F3N3O3.C3H3NO/c28-27(29,30)22-9-4-21(5-10-22)8-13-26-32-23(19-36-26)18-35-24-11-6-20(7-12-24)3-1-2-15-33-16-14-31-25(33)17-34;1-2-5-3-4-1/h4-14,16,19,34H,1-3,15,17-18H2;1-3H/b13-8+;. The molecule has 0 saturated carbocycles. The third-order valence-electron chi connectivity index (χ3n) is 5.94. The van der Waals surface area contributed by atoms with Gasteiger partial charge in [0.05, 0.1) is 11.8 Å². The van der Waals surface area contributed by atoms with Crippen molar-refractivity contribution in [2.24, 2.45) is 0 Å². The number of nitrogens with zero attached hydrogens (tertiary/aromatic N) is 4. The Labute approximate surface area is 234 Å². The molecule has 2 aromatic carbocycles. The van der Waals surface area contributed by atoms with Crippen molar-refractivity contribution in [3.63, 3.8) is 0 Å². The van der Waals surface area contributed by atoms with Gasteiger partial charge in [-0.25, -0.2) is 15.0 Å². The van der Waals surface area contributed by atoms with Gasteiger partial charge in [0.2, 0.25) is 5.89 Å². The molecule has 0 amide bonds. The van der Waals surface area contributed by atoms with Crippen LogP contribution in [0.2, 0.25) is 0 Å². The third-order valence-corrected chi connectivity index (χ3v) is 5.94. The summed E-state index contributed by atoms with van der Waals surface area (Å²) in [7, 11) is 0. The number of ether oxygens (including phenoxy) is 1. The van der Waals surface area contributed by atoms with Crippen LogP contribution >= 0.6 is 0 Å². The van der Waals surface area contributed by atoms with E-state index >= 15 is 0 Å². The van der Waals surface area contributed by atoms with Gasteiger partial charge < -0.3 is 23.2 Å². The molecular weight excluding hydrogens is 537 g/mol. The number of halogens is 3. The van der Waals surface area contributed by atoms with Gasteiger partial charge >= 0.3 is 6.18 Å². The number of hydrogen-bond donors (Lipinski definition) is 1. The summed E-state index contributed by atoms with van der Waals surface area (Å²) in [5.74, 6) is 1.74. The molecule has 1 N–H and O–H groups in total. The van der Waals surface area contributed by atoms with Crippen molar-refractivity contribution in [3.05, 3.63) is 120 Å². The zero-order valence-electron chi connectivity index (χ0n) is 22.1. The number of benzene rings is 2. The van der Waals surface area contributed by atoms with E-state index in [2.05, 4.69) is 19.4 Å².